The number of pyridine rings is 2. The summed E-state index contributed by atoms with van der Waals surface area (Å²) in [6.45, 7) is 8.62. The molecule has 0 unspecified atom stereocenters. The third kappa shape index (κ3) is 2.70. The Morgan fingerprint density at radius 1 is 1.00 bits per heavy atom. The first-order valence-electron chi connectivity index (χ1n) is 5.85. The van der Waals surface area contributed by atoms with E-state index in [0.717, 1.165) is 16.8 Å². The van der Waals surface area contributed by atoms with Crippen LogP contribution in [0.2, 0.25) is 0 Å². The second kappa shape index (κ2) is 4.28. The van der Waals surface area contributed by atoms with E-state index in [2.05, 4.69) is 48.9 Å². The summed E-state index contributed by atoms with van der Waals surface area (Å²) in [5, 5.41) is 0. The maximum Gasteiger partial charge on any atom is 0.0717 e. The van der Waals surface area contributed by atoms with Crippen molar-refractivity contribution < 1.29 is 0 Å². The number of aryl methyl sites for hydroxylation is 1. The second-order valence-corrected chi connectivity index (χ2v) is 5.43. The number of aromatic nitrogens is 2. The van der Waals surface area contributed by atoms with Crippen LogP contribution in [0.25, 0.3) is 11.3 Å². The summed E-state index contributed by atoms with van der Waals surface area (Å²) in [5.41, 5.74) is 4.61. The van der Waals surface area contributed by atoms with Crippen molar-refractivity contribution in [3.63, 3.8) is 0 Å². The van der Waals surface area contributed by atoms with Gasteiger partial charge in [-0.3, -0.25) is 9.97 Å². The molecule has 0 fully saturated rings. The predicted molar refractivity (Wildman–Crippen MR) is 70.9 cm³/mol. The molecule has 17 heavy (non-hydrogen) atoms. The van der Waals surface area contributed by atoms with Crippen LogP contribution in [0.1, 0.15) is 31.9 Å². The Morgan fingerprint density at radius 2 is 1.76 bits per heavy atom. The minimum Gasteiger partial charge on any atom is -0.264 e. The second-order valence-electron chi connectivity index (χ2n) is 5.43. The molecule has 0 bridgehead atoms. The Hall–Kier alpha value is -1.70. The normalized spacial score (nSPS) is 11.5. The standard InChI is InChI=1S/C15H18N2/c1-11-7-12(9-16-8-11)14-6-5-13(10-17-14)15(2,3)4/h5-10H,1-4H3. The summed E-state index contributed by atoms with van der Waals surface area (Å²) in [7, 11) is 0. The monoisotopic (exact) mass is 226 g/mol. The molecule has 0 saturated heterocycles. The van der Waals surface area contributed by atoms with Crippen LogP contribution in [0.4, 0.5) is 0 Å². The molecule has 2 rings (SSSR count). The van der Waals surface area contributed by atoms with Crippen LogP contribution in [0.5, 0.6) is 0 Å². The van der Waals surface area contributed by atoms with E-state index in [1.807, 2.05) is 25.5 Å². The Bertz CT molecular complexity index is 507. The molecule has 2 aromatic rings. The van der Waals surface area contributed by atoms with Crippen LogP contribution in [0, 0.1) is 6.92 Å². The van der Waals surface area contributed by atoms with Gasteiger partial charge in [-0.1, -0.05) is 26.8 Å². The molecule has 0 aliphatic rings. The lowest BCUT2D eigenvalue weighted by molar-refractivity contribution is 0.587. The summed E-state index contributed by atoms with van der Waals surface area (Å²) in [4.78, 5) is 8.71. The zero-order valence-corrected chi connectivity index (χ0v) is 10.9. The molecular formula is C15H18N2. The molecule has 0 amide bonds. The van der Waals surface area contributed by atoms with Crippen molar-refractivity contribution in [1.29, 1.82) is 0 Å². The van der Waals surface area contributed by atoms with Crippen molar-refractivity contribution in [2.24, 2.45) is 0 Å². The fraction of sp³-hybridized carbons (Fsp3) is 0.333. The molecule has 0 N–H and O–H groups in total. The smallest absolute Gasteiger partial charge is 0.0717 e. The van der Waals surface area contributed by atoms with Crippen LogP contribution in [0.3, 0.4) is 0 Å². The van der Waals surface area contributed by atoms with Gasteiger partial charge in [-0.15, -0.1) is 0 Å². The minimum atomic E-state index is 0.149. The zero-order valence-electron chi connectivity index (χ0n) is 10.9. The van der Waals surface area contributed by atoms with Crippen molar-refractivity contribution in [3.8, 4) is 11.3 Å². The number of hydrogen-bond acceptors (Lipinski definition) is 2. The lowest BCUT2D eigenvalue weighted by Gasteiger charge is -2.18. The Kier molecular flexibility index (Phi) is 2.97. The van der Waals surface area contributed by atoms with E-state index in [4.69, 9.17) is 0 Å². The molecule has 88 valence electrons. The van der Waals surface area contributed by atoms with Gasteiger partial charge in [-0.05, 0) is 35.6 Å². The van der Waals surface area contributed by atoms with Gasteiger partial charge in [0.1, 0.15) is 0 Å². The molecule has 2 heteroatoms. The van der Waals surface area contributed by atoms with Crippen LogP contribution >= 0.6 is 0 Å². The van der Waals surface area contributed by atoms with Gasteiger partial charge in [0.2, 0.25) is 0 Å². The molecule has 2 heterocycles. The van der Waals surface area contributed by atoms with Gasteiger partial charge in [-0.25, -0.2) is 0 Å². The largest absolute Gasteiger partial charge is 0.264 e. The number of nitrogens with zero attached hydrogens (tertiary/aromatic N) is 2. The van der Waals surface area contributed by atoms with Crippen molar-refractivity contribution in [2.75, 3.05) is 0 Å². The summed E-state index contributed by atoms with van der Waals surface area (Å²) in [6, 6.07) is 6.31. The van der Waals surface area contributed by atoms with Gasteiger partial charge in [0.15, 0.2) is 0 Å². The molecule has 0 radical (unpaired) electrons. The molecular weight excluding hydrogens is 208 g/mol. The topological polar surface area (TPSA) is 25.8 Å². The third-order valence-corrected chi connectivity index (χ3v) is 2.80. The first-order chi connectivity index (χ1) is 7.97. The lowest BCUT2D eigenvalue weighted by atomic mass is 9.88. The van der Waals surface area contributed by atoms with E-state index in [1.54, 1.807) is 0 Å². The summed E-state index contributed by atoms with van der Waals surface area (Å²) in [5.74, 6) is 0. The average Bonchev–Trinajstić information content (AvgIpc) is 2.28. The molecule has 2 nitrogen and oxygen atoms in total. The van der Waals surface area contributed by atoms with Crippen LogP contribution in [0.15, 0.2) is 36.8 Å². The predicted octanol–water partition coefficient (Wildman–Crippen LogP) is 3.75. The molecule has 0 aromatic carbocycles. The molecule has 0 aliphatic carbocycles. The molecule has 0 aliphatic heterocycles. The summed E-state index contributed by atoms with van der Waals surface area (Å²) >= 11 is 0. The van der Waals surface area contributed by atoms with Gasteiger partial charge in [0, 0.05) is 24.2 Å². The number of rotatable bonds is 1. The van der Waals surface area contributed by atoms with E-state index in [0.29, 0.717) is 0 Å². The quantitative estimate of drug-likeness (QED) is 0.740. The highest BCUT2D eigenvalue weighted by atomic mass is 14.7. The average molecular weight is 226 g/mol. The van der Waals surface area contributed by atoms with Gasteiger partial charge < -0.3 is 0 Å². The van der Waals surface area contributed by atoms with Gasteiger partial charge >= 0.3 is 0 Å². The first-order valence-corrected chi connectivity index (χ1v) is 5.85. The van der Waals surface area contributed by atoms with Gasteiger partial charge in [0.25, 0.3) is 0 Å². The fourth-order valence-electron chi connectivity index (χ4n) is 1.70. The maximum absolute atomic E-state index is 4.52. The highest BCUT2D eigenvalue weighted by Crippen LogP contribution is 2.23. The first kappa shape index (κ1) is 11.8. The highest BCUT2D eigenvalue weighted by Gasteiger charge is 2.13. The van der Waals surface area contributed by atoms with E-state index in [9.17, 15) is 0 Å². The van der Waals surface area contributed by atoms with E-state index in [1.165, 1.54) is 5.56 Å². The van der Waals surface area contributed by atoms with E-state index >= 15 is 0 Å². The van der Waals surface area contributed by atoms with Crippen molar-refractivity contribution in [2.45, 2.75) is 33.1 Å². The van der Waals surface area contributed by atoms with Crippen molar-refractivity contribution in [1.82, 2.24) is 9.97 Å². The maximum atomic E-state index is 4.52. The Labute approximate surface area is 103 Å². The zero-order chi connectivity index (χ0) is 12.5. The SMILES string of the molecule is Cc1cncc(-c2ccc(C(C)(C)C)cn2)c1. The lowest BCUT2D eigenvalue weighted by Crippen LogP contribution is -2.11. The van der Waals surface area contributed by atoms with Crippen LogP contribution in [-0.4, -0.2) is 9.97 Å². The Balaban J connectivity index is 2.36. The van der Waals surface area contributed by atoms with Gasteiger partial charge in [0.05, 0.1) is 5.69 Å². The van der Waals surface area contributed by atoms with Gasteiger partial charge in [-0.2, -0.15) is 0 Å². The summed E-state index contributed by atoms with van der Waals surface area (Å²) < 4.78 is 0. The molecule has 0 spiro atoms. The third-order valence-electron chi connectivity index (χ3n) is 2.80. The van der Waals surface area contributed by atoms with Crippen molar-refractivity contribution in [3.05, 3.63) is 47.9 Å². The molecule has 2 aromatic heterocycles. The number of hydrogen-bond donors (Lipinski definition) is 0. The molecule has 0 saturated carbocycles. The van der Waals surface area contributed by atoms with E-state index in [-0.39, 0.29) is 5.41 Å². The van der Waals surface area contributed by atoms with Crippen molar-refractivity contribution >= 4 is 0 Å². The fourth-order valence-corrected chi connectivity index (χ4v) is 1.70. The Morgan fingerprint density at radius 3 is 2.29 bits per heavy atom. The van der Waals surface area contributed by atoms with Crippen LogP contribution < -0.4 is 0 Å². The minimum absolute atomic E-state index is 0.149. The molecule has 0 atom stereocenters. The highest BCUT2D eigenvalue weighted by molar-refractivity contribution is 5.58. The van der Waals surface area contributed by atoms with Crippen LogP contribution in [-0.2, 0) is 5.41 Å². The summed E-state index contributed by atoms with van der Waals surface area (Å²) in [6.07, 6.45) is 5.66. The van der Waals surface area contributed by atoms with E-state index < -0.39 is 0 Å².